The number of nitrogens with zero attached hydrogens (tertiary/aromatic N) is 5. The molecule has 1 aromatic carbocycles. The van der Waals surface area contributed by atoms with E-state index in [0.717, 1.165) is 76.9 Å². The molecule has 1 saturated heterocycles. The molecule has 0 unspecified atom stereocenters. The maximum atomic E-state index is 6.43. The van der Waals surface area contributed by atoms with Crippen LogP contribution in [0.2, 0.25) is 0 Å². The lowest BCUT2D eigenvalue weighted by atomic mass is 10.0. The molecule has 7 nitrogen and oxygen atoms in total. The van der Waals surface area contributed by atoms with Crippen LogP contribution in [-0.4, -0.2) is 39.4 Å². The van der Waals surface area contributed by atoms with Crippen LogP contribution in [0.15, 0.2) is 41.1 Å². The fourth-order valence-electron chi connectivity index (χ4n) is 4.85. The molecule has 2 aliphatic rings. The van der Waals surface area contributed by atoms with E-state index in [9.17, 15) is 0 Å². The number of hydrogen-bond donors (Lipinski definition) is 0. The summed E-state index contributed by atoms with van der Waals surface area (Å²) in [5.41, 5.74) is 5.80. The lowest BCUT2D eigenvalue weighted by Crippen LogP contribution is -2.34. The van der Waals surface area contributed by atoms with Crippen molar-refractivity contribution in [1.29, 1.82) is 0 Å². The Morgan fingerprint density at radius 2 is 1.94 bits per heavy atom. The largest absolute Gasteiger partial charge is 0.488 e. The van der Waals surface area contributed by atoms with Gasteiger partial charge in [0, 0.05) is 24.8 Å². The van der Waals surface area contributed by atoms with Gasteiger partial charge in [-0.15, -0.1) is 0 Å². The average Bonchev–Trinajstić information content (AvgIpc) is 3.37. The predicted octanol–water partition coefficient (Wildman–Crippen LogP) is 4.49. The maximum Gasteiger partial charge on any atom is 0.207 e. The van der Waals surface area contributed by atoms with Gasteiger partial charge in [0.1, 0.15) is 23.9 Å². The first-order valence-corrected chi connectivity index (χ1v) is 10.8. The number of benzene rings is 1. The van der Waals surface area contributed by atoms with E-state index in [0.29, 0.717) is 6.61 Å². The Bertz CT molecular complexity index is 1230. The van der Waals surface area contributed by atoms with Crippen LogP contribution < -0.4 is 9.64 Å². The Labute approximate surface area is 180 Å². The van der Waals surface area contributed by atoms with E-state index in [1.807, 2.05) is 32.2 Å². The number of anilines is 1. The first-order chi connectivity index (χ1) is 15.2. The van der Waals surface area contributed by atoms with Gasteiger partial charge in [0.2, 0.25) is 5.95 Å². The van der Waals surface area contributed by atoms with Crippen molar-refractivity contribution in [3.63, 3.8) is 0 Å². The molecule has 0 amide bonds. The molecule has 3 aromatic heterocycles. The van der Waals surface area contributed by atoms with Crippen molar-refractivity contribution < 1.29 is 9.26 Å². The van der Waals surface area contributed by atoms with E-state index >= 15 is 0 Å². The number of hydrogen-bond acceptors (Lipinski definition) is 6. The topological polar surface area (TPSA) is 69.2 Å². The third-order valence-corrected chi connectivity index (χ3v) is 6.31. The lowest BCUT2D eigenvalue weighted by Gasteiger charge is -2.33. The predicted molar refractivity (Wildman–Crippen MR) is 118 cm³/mol. The minimum Gasteiger partial charge on any atom is -0.488 e. The highest BCUT2D eigenvalue weighted by Crippen LogP contribution is 2.45. The van der Waals surface area contributed by atoms with Crippen molar-refractivity contribution in [2.75, 3.05) is 24.6 Å². The van der Waals surface area contributed by atoms with Gasteiger partial charge in [0.15, 0.2) is 5.75 Å². The average molecular weight is 414 g/mol. The van der Waals surface area contributed by atoms with Gasteiger partial charge in [0.05, 0.1) is 22.5 Å². The number of aromatic nitrogens is 4. The van der Waals surface area contributed by atoms with Crippen LogP contribution >= 0.6 is 0 Å². The van der Waals surface area contributed by atoms with Gasteiger partial charge < -0.3 is 14.2 Å². The van der Waals surface area contributed by atoms with Crippen LogP contribution in [0.4, 0.5) is 5.95 Å². The third-order valence-electron chi connectivity index (χ3n) is 6.31. The second-order valence-corrected chi connectivity index (χ2v) is 8.23. The highest BCUT2D eigenvalue weighted by Gasteiger charge is 2.33. The summed E-state index contributed by atoms with van der Waals surface area (Å²) in [6.45, 7) is 6.37. The van der Waals surface area contributed by atoms with Crippen LogP contribution in [-0.2, 0) is 0 Å². The first kappa shape index (κ1) is 18.4. The molecule has 1 radical (unpaired) electrons. The Balaban J connectivity index is 1.62. The SMILES string of the molecule is Cc1noc(C)c1-c1ccc2nc(N3CC[CH]CC3)n3c2c1OC[C@@H]3c1ccccn1. The molecule has 0 spiro atoms. The molecule has 7 heteroatoms. The van der Waals surface area contributed by atoms with Crippen molar-refractivity contribution in [3.8, 4) is 16.9 Å². The van der Waals surface area contributed by atoms with Crippen LogP contribution in [0.1, 0.15) is 36.0 Å². The molecule has 0 bridgehead atoms. The van der Waals surface area contributed by atoms with E-state index in [2.05, 4.69) is 44.2 Å². The van der Waals surface area contributed by atoms with Crippen molar-refractivity contribution in [1.82, 2.24) is 19.7 Å². The van der Waals surface area contributed by atoms with Gasteiger partial charge >= 0.3 is 0 Å². The molecular formula is C24H24N5O2. The Morgan fingerprint density at radius 3 is 2.68 bits per heavy atom. The van der Waals surface area contributed by atoms with Gasteiger partial charge in [-0.05, 0) is 57.4 Å². The number of imidazole rings is 1. The van der Waals surface area contributed by atoms with Gasteiger partial charge in [-0.3, -0.25) is 9.55 Å². The summed E-state index contributed by atoms with van der Waals surface area (Å²) in [6.07, 6.45) is 6.35. The fraction of sp³-hybridized carbons (Fsp3) is 0.333. The summed E-state index contributed by atoms with van der Waals surface area (Å²) in [5, 5.41) is 4.15. The number of piperidine rings is 1. The van der Waals surface area contributed by atoms with Crippen molar-refractivity contribution >= 4 is 17.0 Å². The molecule has 6 rings (SSSR count). The van der Waals surface area contributed by atoms with Crippen LogP contribution in [0, 0.1) is 20.3 Å². The molecule has 1 fully saturated rings. The minimum atomic E-state index is -0.0282. The van der Waals surface area contributed by atoms with E-state index in [-0.39, 0.29) is 6.04 Å². The zero-order chi connectivity index (χ0) is 20.9. The van der Waals surface area contributed by atoms with Crippen molar-refractivity contribution in [2.24, 2.45) is 0 Å². The normalized spacial score (nSPS) is 18.4. The molecule has 4 aromatic rings. The minimum absolute atomic E-state index is 0.0282. The summed E-state index contributed by atoms with van der Waals surface area (Å²) in [7, 11) is 0. The number of rotatable bonds is 3. The van der Waals surface area contributed by atoms with E-state index in [1.54, 1.807) is 0 Å². The molecule has 5 heterocycles. The molecule has 0 saturated carbocycles. The lowest BCUT2D eigenvalue weighted by molar-refractivity contribution is 0.257. The number of aryl methyl sites for hydroxylation is 2. The number of ether oxygens (including phenoxy) is 1. The second kappa shape index (κ2) is 7.11. The highest BCUT2D eigenvalue weighted by molar-refractivity contribution is 5.94. The number of pyridine rings is 1. The molecule has 0 aliphatic carbocycles. The van der Waals surface area contributed by atoms with Crippen LogP contribution in [0.3, 0.4) is 0 Å². The van der Waals surface area contributed by atoms with Gasteiger partial charge in [-0.1, -0.05) is 11.2 Å². The summed E-state index contributed by atoms with van der Waals surface area (Å²) in [6, 6.07) is 10.2. The van der Waals surface area contributed by atoms with Crippen LogP contribution in [0.5, 0.6) is 5.75 Å². The molecule has 0 N–H and O–H groups in total. The monoisotopic (exact) mass is 414 g/mol. The molecule has 157 valence electrons. The second-order valence-electron chi connectivity index (χ2n) is 8.23. The Morgan fingerprint density at radius 1 is 1.06 bits per heavy atom. The van der Waals surface area contributed by atoms with Gasteiger partial charge in [-0.2, -0.15) is 0 Å². The summed E-state index contributed by atoms with van der Waals surface area (Å²) in [5.74, 6) is 2.64. The Kier molecular flexibility index (Phi) is 4.23. The standard InChI is InChI=1S/C24H24N5O2/c1-15-21(16(2)31-27-15)17-9-10-19-22-23(17)30-14-20(18-8-4-5-11-25-18)29(22)24(26-19)28-12-6-3-7-13-28/h3-5,8-11,20H,6-7,12-14H2,1-2H3/t20-/m1/s1. The molecular weight excluding hydrogens is 390 g/mol. The Hall–Kier alpha value is -3.35. The molecule has 2 aliphatic heterocycles. The first-order valence-electron chi connectivity index (χ1n) is 10.8. The van der Waals surface area contributed by atoms with Gasteiger partial charge in [0.25, 0.3) is 0 Å². The van der Waals surface area contributed by atoms with Crippen molar-refractivity contribution in [3.05, 3.63) is 60.1 Å². The highest BCUT2D eigenvalue weighted by atomic mass is 16.5. The molecule has 31 heavy (non-hydrogen) atoms. The maximum absolute atomic E-state index is 6.43. The van der Waals surface area contributed by atoms with E-state index in [1.165, 1.54) is 0 Å². The van der Waals surface area contributed by atoms with E-state index < -0.39 is 0 Å². The van der Waals surface area contributed by atoms with Crippen molar-refractivity contribution in [2.45, 2.75) is 32.7 Å². The summed E-state index contributed by atoms with van der Waals surface area (Å²) >= 11 is 0. The van der Waals surface area contributed by atoms with E-state index in [4.69, 9.17) is 14.2 Å². The smallest absolute Gasteiger partial charge is 0.207 e. The third kappa shape index (κ3) is 2.83. The van der Waals surface area contributed by atoms with Gasteiger partial charge in [-0.25, -0.2) is 4.98 Å². The van der Waals surface area contributed by atoms with Crippen LogP contribution in [0.25, 0.3) is 22.2 Å². The quantitative estimate of drug-likeness (QED) is 0.492. The molecule has 1 atom stereocenters. The summed E-state index contributed by atoms with van der Waals surface area (Å²) < 4.78 is 14.2. The summed E-state index contributed by atoms with van der Waals surface area (Å²) in [4.78, 5) is 12.1. The zero-order valence-electron chi connectivity index (χ0n) is 17.7. The fourth-order valence-corrected chi connectivity index (χ4v) is 4.85. The zero-order valence-corrected chi connectivity index (χ0v) is 17.7.